The van der Waals surface area contributed by atoms with E-state index in [0.29, 0.717) is 0 Å². The maximum atomic E-state index is 10.1. The molecule has 56 heavy (non-hydrogen) atoms. The van der Waals surface area contributed by atoms with Crippen molar-refractivity contribution in [2.24, 2.45) is 0 Å². The molecule has 0 aliphatic carbocycles. The van der Waals surface area contributed by atoms with Crippen LogP contribution in [0.2, 0.25) is 0 Å². The number of aromatic nitrogens is 4. The Hall–Kier alpha value is -7.51. The van der Waals surface area contributed by atoms with Crippen molar-refractivity contribution in [1.82, 2.24) is 18.5 Å². The Balaban J connectivity index is 1.20. The lowest BCUT2D eigenvalue weighted by atomic mass is 9.50. The first-order valence-corrected chi connectivity index (χ1v) is 16.6. The monoisotopic (exact) mass is 745 g/mol. The molecule has 0 saturated heterocycles. The summed E-state index contributed by atoms with van der Waals surface area (Å²) in [4.78, 5) is 4.51. The first-order valence-electron chi connectivity index (χ1n) is 31.1. The maximum Gasteiger partial charge on any atom is 0.434 e. The number of fused-ring (bicyclic) bond motifs is 12. The van der Waals surface area contributed by atoms with Gasteiger partial charge >= 0.3 is 6.92 Å². The molecule has 5 heterocycles. The largest absolute Gasteiger partial charge is 0.551 e. The molecule has 0 fully saturated rings. The van der Waals surface area contributed by atoms with Crippen molar-refractivity contribution in [3.8, 4) is 50.9 Å². The zero-order chi connectivity index (χ0) is 61.7. The Morgan fingerprint density at radius 1 is 0.500 bits per heavy atom. The van der Waals surface area contributed by atoms with Crippen molar-refractivity contribution in [2.45, 2.75) is 0 Å². The molecule has 0 radical (unpaired) electrons. The van der Waals surface area contributed by atoms with Crippen LogP contribution in [0, 0.1) is 0 Å². The first-order chi connectivity index (χ1) is 39.9. The standard InChI is InChI=1S/C49H29BN4O2/c1-6-18-39(53-40-19-7-2-14-33(40)34-15-3-8-20-41(34)53)32(13-1)30-25-26-37-46(27-30)55-47-29-31(28-36-35-16-4-12-24-45(35)56-50(37)48(36)47)52-43-22-10-11-23-44(43)54-42-21-9-5-17-38(42)51-49(52)54/h1-29H/i1D,2D,3D,4D,5D,6D,7D,8D,9D,10D,11D,12D,13D,14D,15D,16D,17D,18D,19D,20D,21D,22D,23D,24D,25D,26D,27D,28D,29D. The van der Waals surface area contributed by atoms with Crippen LogP contribution in [0.4, 0.5) is 0 Å². The minimum atomic E-state index is -1.97. The number of nitrogens with zero attached hydrogens (tertiary/aromatic N) is 4. The summed E-state index contributed by atoms with van der Waals surface area (Å²) in [7, 11) is 0. The van der Waals surface area contributed by atoms with Crippen molar-refractivity contribution >= 4 is 67.5 Å². The number of para-hydroxylation sites is 8. The van der Waals surface area contributed by atoms with Gasteiger partial charge in [0.25, 0.3) is 0 Å². The maximum absolute atomic E-state index is 10.1. The molecule has 0 bridgehead atoms. The highest BCUT2D eigenvalue weighted by atomic mass is 16.5. The predicted octanol–water partition coefficient (Wildman–Crippen LogP) is 10.5. The summed E-state index contributed by atoms with van der Waals surface area (Å²) in [6.45, 7) is -1.97. The topological polar surface area (TPSA) is 45.6 Å². The Kier molecular flexibility index (Phi) is 2.69. The van der Waals surface area contributed by atoms with Crippen LogP contribution in [0.15, 0.2) is 175 Å². The molecule has 0 spiro atoms. The second kappa shape index (κ2) is 11.0. The van der Waals surface area contributed by atoms with Crippen LogP contribution in [0.25, 0.3) is 83.3 Å². The number of rotatable bonds is 3. The van der Waals surface area contributed by atoms with Gasteiger partial charge in [0.2, 0.25) is 5.78 Å². The molecule has 0 amide bonds. The highest BCUT2D eigenvalue weighted by molar-refractivity contribution is 6.84. The van der Waals surface area contributed by atoms with Gasteiger partial charge in [0.15, 0.2) is 0 Å². The molecule has 6 nitrogen and oxygen atoms in total. The zero-order valence-electron chi connectivity index (χ0n) is 56.7. The van der Waals surface area contributed by atoms with Gasteiger partial charge in [-0.1, -0.05) is 109 Å². The molecule has 13 rings (SSSR count). The lowest BCUT2D eigenvalue weighted by Gasteiger charge is -2.33. The van der Waals surface area contributed by atoms with Crippen LogP contribution in [0.1, 0.15) is 39.8 Å². The van der Waals surface area contributed by atoms with E-state index in [-0.39, 0.29) is 0 Å². The van der Waals surface area contributed by atoms with E-state index >= 15 is 0 Å². The highest BCUT2D eigenvalue weighted by Gasteiger charge is 2.41. The lowest BCUT2D eigenvalue weighted by molar-refractivity contribution is 0.479. The number of ether oxygens (including phenoxy) is 1. The molecule has 3 aromatic heterocycles. The molecule has 2 aliphatic rings. The number of benzene rings is 8. The van der Waals surface area contributed by atoms with Crippen molar-refractivity contribution in [1.29, 1.82) is 0 Å². The fraction of sp³-hybridized carbons (Fsp3) is 0. The van der Waals surface area contributed by atoms with Gasteiger partial charge in [0, 0.05) is 38.9 Å². The van der Waals surface area contributed by atoms with Gasteiger partial charge < -0.3 is 14.0 Å². The second-order valence-corrected chi connectivity index (χ2v) is 12.5. The fourth-order valence-corrected chi connectivity index (χ4v) is 7.37. The number of hydrogen-bond acceptors (Lipinski definition) is 3. The molecular formula is C49H29BN4O2. The molecule has 2 aliphatic heterocycles. The van der Waals surface area contributed by atoms with Gasteiger partial charge in [-0.3, -0.25) is 8.97 Å². The molecule has 11 aromatic rings. The quantitative estimate of drug-likeness (QED) is 0.169. The minimum Gasteiger partial charge on any atom is -0.551 e. The fourth-order valence-electron chi connectivity index (χ4n) is 7.37. The van der Waals surface area contributed by atoms with Gasteiger partial charge in [0.1, 0.15) is 17.2 Å². The molecule has 0 atom stereocenters. The van der Waals surface area contributed by atoms with E-state index in [0.717, 1.165) is 13.5 Å². The molecule has 260 valence electrons. The van der Waals surface area contributed by atoms with Gasteiger partial charge in [-0.25, -0.2) is 4.98 Å². The molecule has 0 unspecified atom stereocenters. The first kappa shape index (κ1) is 13.7. The highest BCUT2D eigenvalue weighted by Crippen LogP contribution is 2.43. The van der Waals surface area contributed by atoms with Crippen LogP contribution in [-0.4, -0.2) is 25.4 Å². The SMILES string of the molecule is [2H]c1c([2H])c([2H])c2c(c1[2H])OB1c3c([2H])c([2H])c(-c4c([2H])c([2H])c([2H])c([2H])c4-n4c5c([2H])c([2H])c([2H])c([2H])c5c5c([2H])c([2H])c([2H])c([2H])c54)c([2H])c3Oc3c([2H])c(-n4c5c([2H])c([2H])c([2H])c([2H])c5n5c6c([2H])c([2H])c([2H])c([2H])c6nc45)c([2H])c-2c31. The van der Waals surface area contributed by atoms with Crippen LogP contribution in [0.3, 0.4) is 0 Å². The Bertz CT molecular complexity index is 5070. The normalized spacial score (nSPS) is 20.1. The van der Waals surface area contributed by atoms with Crippen molar-refractivity contribution < 1.29 is 49.1 Å². The zero-order valence-corrected chi connectivity index (χ0v) is 27.7. The minimum absolute atomic E-state index is 0.398. The van der Waals surface area contributed by atoms with Crippen LogP contribution in [-0.2, 0) is 0 Å². The predicted molar refractivity (Wildman–Crippen MR) is 227 cm³/mol. The van der Waals surface area contributed by atoms with E-state index in [1.54, 1.807) is 0 Å². The Labute approximate surface area is 361 Å². The van der Waals surface area contributed by atoms with Crippen LogP contribution < -0.4 is 20.3 Å². The summed E-state index contributed by atoms with van der Waals surface area (Å²) in [6, 6.07) is -25.5. The van der Waals surface area contributed by atoms with Gasteiger partial charge in [-0.2, -0.15) is 0 Å². The summed E-state index contributed by atoms with van der Waals surface area (Å²) in [6.07, 6.45) is 0. The molecule has 8 aromatic carbocycles. The number of imidazole rings is 2. The third kappa shape index (κ3) is 3.98. The molecular weight excluding hydrogens is 687 g/mol. The van der Waals surface area contributed by atoms with Crippen LogP contribution >= 0.6 is 0 Å². The second-order valence-electron chi connectivity index (χ2n) is 12.5. The molecule has 0 saturated carbocycles. The van der Waals surface area contributed by atoms with Crippen molar-refractivity contribution in [3.05, 3.63) is 175 Å². The van der Waals surface area contributed by atoms with Gasteiger partial charge in [-0.15, -0.1) is 0 Å². The summed E-state index contributed by atoms with van der Waals surface area (Å²) in [5.74, 6) is -2.78. The number of hydrogen-bond donors (Lipinski definition) is 0. The van der Waals surface area contributed by atoms with E-state index < -0.39 is 294 Å². The van der Waals surface area contributed by atoms with E-state index in [1.807, 2.05) is 0 Å². The molecule has 7 heteroatoms. The Morgan fingerprint density at radius 3 is 1.98 bits per heavy atom. The van der Waals surface area contributed by atoms with Crippen molar-refractivity contribution in [2.75, 3.05) is 0 Å². The summed E-state index contributed by atoms with van der Waals surface area (Å²) in [5, 5.41) is -1.03. The van der Waals surface area contributed by atoms with E-state index in [9.17, 15) is 12.3 Å². The van der Waals surface area contributed by atoms with Gasteiger partial charge in [-0.05, 0) is 71.6 Å². The average Bonchev–Trinajstić information content (AvgIpc) is 1.74. The third-order valence-corrected chi connectivity index (χ3v) is 9.64. The summed E-state index contributed by atoms with van der Waals surface area (Å²) < 4.78 is 279. The summed E-state index contributed by atoms with van der Waals surface area (Å²) >= 11 is 0. The third-order valence-electron chi connectivity index (χ3n) is 9.64. The van der Waals surface area contributed by atoms with Crippen molar-refractivity contribution in [3.63, 3.8) is 0 Å². The Morgan fingerprint density at radius 2 is 1.16 bits per heavy atom. The van der Waals surface area contributed by atoms with E-state index in [4.69, 9.17) is 36.8 Å². The average molecular weight is 746 g/mol. The molecule has 0 N–H and O–H groups in total. The van der Waals surface area contributed by atoms with Gasteiger partial charge in [0.05, 0.1) is 84.2 Å². The van der Waals surface area contributed by atoms with E-state index in [2.05, 4.69) is 4.98 Å². The van der Waals surface area contributed by atoms with Crippen LogP contribution in [0.5, 0.6) is 17.2 Å². The lowest BCUT2D eigenvalue weighted by Crippen LogP contribution is -2.53. The van der Waals surface area contributed by atoms with E-state index in [1.165, 1.54) is 0 Å². The smallest absolute Gasteiger partial charge is 0.434 e. The summed E-state index contributed by atoms with van der Waals surface area (Å²) in [5.41, 5.74) is -8.45.